The maximum Gasteiger partial charge on any atom is 0.314 e. The maximum atomic E-state index is 11.7. The third kappa shape index (κ3) is 1.74. The van der Waals surface area contributed by atoms with E-state index in [2.05, 4.69) is 15.9 Å². The summed E-state index contributed by atoms with van der Waals surface area (Å²) >= 11 is 3.49. The van der Waals surface area contributed by atoms with Gasteiger partial charge in [0.2, 0.25) is 0 Å². The van der Waals surface area contributed by atoms with Crippen molar-refractivity contribution in [1.82, 2.24) is 0 Å². The minimum Gasteiger partial charge on any atom is -0.496 e. The molecule has 18 heavy (non-hydrogen) atoms. The van der Waals surface area contributed by atoms with Crippen LogP contribution in [-0.4, -0.2) is 18.2 Å². The molecule has 1 fully saturated rings. The van der Waals surface area contributed by atoms with Crippen LogP contribution in [0.25, 0.3) is 0 Å². The van der Waals surface area contributed by atoms with Gasteiger partial charge in [-0.1, -0.05) is 22.4 Å². The van der Waals surface area contributed by atoms with Gasteiger partial charge in [0.05, 0.1) is 12.5 Å². The van der Waals surface area contributed by atoms with E-state index in [9.17, 15) is 9.90 Å². The number of aliphatic carboxylic acids is 1. The highest BCUT2D eigenvalue weighted by molar-refractivity contribution is 9.10. The van der Waals surface area contributed by atoms with E-state index in [1.807, 2.05) is 19.9 Å². The van der Waals surface area contributed by atoms with Crippen LogP contribution in [0.3, 0.4) is 0 Å². The van der Waals surface area contributed by atoms with Gasteiger partial charge in [-0.3, -0.25) is 4.79 Å². The molecule has 4 heteroatoms. The lowest BCUT2D eigenvalue weighted by molar-refractivity contribution is -0.147. The van der Waals surface area contributed by atoms with Gasteiger partial charge >= 0.3 is 5.97 Å². The van der Waals surface area contributed by atoms with Crippen LogP contribution in [0.2, 0.25) is 0 Å². The van der Waals surface area contributed by atoms with E-state index in [4.69, 9.17) is 4.74 Å². The Morgan fingerprint density at radius 3 is 2.44 bits per heavy atom. The van der Waals surface area contributed by atoms with Crippen LogP contribution in [0.4, 0.5) is 0 Å². The summed E-state index contributed by atoms with van der Waals surface area (Å²) in [7, 11) is 1.60. The summed E-state index contributed by atoms with van der Waals surface area (Å²) in [4.78, 5) is 11.7. The monoisotopic (exact) mass is 312 g/mol. The van der Waals surface area contributed by atoms with Crippen molar-refractivity contribution in [3.63, 3.8) is 0 Å². The van der Waals surface area contributed by atoms with E-state index >= 15 is 0 Å². The first-order valence-corrected chi connectivity index (χ1v) is 6.81. The molecule has 0 aliphatic heterocycles. The number of benzene rings is 1. The van der Waals surface area contributed by atoms with Crippen LogP contribution in [0.5, 0.6) is 5.75 Å². The highest BCUT2D eigenvalue weighted by atomic mass is 79.9. The summed E-state index contributed by atoms with van der Waals surface area (Å²) in [5.41, 5.74) is 2.04. The molecule has 0 heterocycles. The SMILES string of the molecule is COc1c(C)c(Br)cc(C)c1C1(C(=O)O)CCC1. The van der Waals surface area contributed by atoms with Gasteiger partial charge in [0.15, 0.2) is 0 Å². The van der Waals surface area contributed by atoms with Gasteiger partial charge in [0.1, 0.15) is 5.75 Å². The van der Waals surface area contributed by atoms with Crippen LogP contribution in [0, 0.1) is 13.8 Å². The molecular weight excluding hydrogens is 296 g/mol. The Morgan fingerprint density at radius 1 is 1.44 bits per heavy atom. The number of hydrogen-bond acceptors (Lipinski definition) is 2. The van der Waals surface area contributed by atoms with Crippen molar-refractivity contribution in [1.29, 1.82) is 0 Å². The molecule has 1 saturated carbocycles. The highest BCUT2D eigenvalue weighted by Gasteiger charge is 2.49. The number of aryl methyl sites for hydroxylation is 1. The lowest BCUT2D eigenvalue weighted by atomic mass is 9.63. The standard InChI is InChI=1S/C14H17BrO3/c1-8-7-10(15)9(2)12(18-3)11(8)14(13(16)17)5-4-6-14/h7H,4-6H2,1-3H3,(H,16,17). The van der Waals surface area contributed by atoms with Crippen LogP contribution < -0.4 is 4.74 Å². The summed E-state index contributed by atoms with van der Waals surface area (Å²) < 4.78 is 6.44. The first kappa shape index (κ1) is 13.4. The average molecular weight is 313 g/mol. The molecule has 1 aromatic rings. The van der Waals surface area contributed by atoms with E-state index in [1.54, 1.807) is 7.11 Å². The normalized spacial score (nSPS) is 17.1. The first-order valence-electron chi connectivity index (χ1n) is 6.01. The van der Waals surface area contributed by atoms with Gasteiger partial charge in [-0.2, -0.15) is 0 Å². The molecule has 0 amide bonds. The van der Waals surface area contributed by atoms with Crippen molar-refractivity contribution in [3.05, 3.63) is 27.2 Å². The Balaban J connectivity index is 2.70. The summed E-state index contributed by atoms with van der Waals surface area (Å²) in [6.45, 7) is 3.89. The van der Waals surface area contributed by atoms with Gasteiger partial charge in [-0.25, -0.2) is 0 Å². The molecule has 0 spiro atoms. The fourth-order valence-corrected chi connectivity index (χ4v) is 3.32. The molecule has 1 aromatic carbocycles. The largest absolute Gasteiger partial charge is 0.496 e. The summed E-state index contributed by atoms with van der Waals surface area (Å²) in [6.07, 6.45) is 2.35. The molecule has 0 atom stereocenters. The molecule has 0 saturated heterocycles. The Morgan fingerprint density at radius 2 is 2.06 bits per heavy atom. The van der Waals surface area contributed by atoms with Crippen LogP contribution in [0.1, 0.15) is 36.0 Å². The van der Waals surface area contributed by atoms with E-state index in [0.29, 0.717) is 18.6 Å². The van der Waals surface area contributed by atoms with Crippen molar-refractivity contribution in [2.45, 2.75) is 38.5 Å². The lowest BCUT2D eigenvalue weighted by Crippen LogP contribution is -2.43. The predicted octanol–water partition coefficient (Wildman–Crippen LogP) is 3.58. The van der Waals surface area contributed by atoms with E-state index in [1.165, 1.54) is 0 Å². The quantitative estimate of drug-likeness (QED) is 0.928. The summed E-state index contributed by atoms with van der Waals surface area (Å²) in [6, 6.07) is 1.98. The Hall–Kier alpha value is -1.03. The lowest BCUT2D eigenvalue weighted by Gasteiger charge is -2.40. The molecule has 1 N–H and O–H groups in total. The van der Waals surface area contributed by atoms with Gasteiger partial charge in [0, 0.05) is 15.6 Å². The number of methoxy groups -OCH3 is 1. The van der Waals surface area contributed by atoms with Crippen molar-refractivity contribution in [2.75, 3.05) is 7.11 Å². The number of carboxylic acids is 1. The second-order valence-electron chi connectivity index (χ2n) is 4.95. The Bertz CT molecular complexity index is 504. The third-order valence-corrected chi connectivity index (χ3v) is 4.79. The molecule has 2 rings (SSSR count). The average Bonchev–Trinajstić information content (AvgIpc) is 2.23. The van der Waals surface area contributed by atoms with Crippen LogP contribution in [0.15, 0.2) is 10.5 Å². The maximum absolute atomic E-state index is 11.7. The fraction of sp³-hybridized carbons (Fsp3) is 0.500. The molecular formula is C14H17BrO3. The molecule has 1 aliphatic carbocycles. The number of hydrogen-bond donors (Lipinski definition) is 1. The predicted molar refractivity (Wildman–Crippen MR) is 73.3 cm³/mol. The molecule has 0 aromatic heterocycles. The first-order chi connectivity index (χ1) is 8.44. The number of ether oxygens (including phenoxy) is 1. The topological polar surface area (TPSA) is 46.5 Å². The third-order valence-electron chi connectivity index (χ3n) is 3.96. The van der Waals surface area contributed by atoms with Crippen molar-refractivity contribution in [3.8, 4) is 5.75 Å². The van der Waals surface area contributed by atoms with E-state index in [-0.39, 0.29) is 0 Å². The summed E-state index contributed by atoms with van der Waals surface area (Å²) in [5.74, 6) is -0.0270. The number of halogens is 1. The molecule has 98 valence electrons. The van der Waals surface area contributed by atoms with Gasteiger partial charge in [0.25, 0.3) is 0 Å². The van der Waals surface area contributed by atoms with Crippen molar-refractivity contribution >= 4 is 21.9 Å². The Kier molecular flexibility index (Phi) is 3.41. The van der Waals surface area contributed by atoms with Crippen LogP contribution in [-0.2, 0) is 10.2 Å². The van der Waals surface area contributed by atoms with Crippen molar-refractivity contribution < 1.29 is 14.6 Å². The number of carboxylic acid groups (broad SMARTS) is 1. The molecule has 0 radical (unpaired) electrons. The Labute approximate surface area is 115 Å². The summed E-state index contributed by atoms with van der Waals surface area (Å²) in [5, 5.41) is 9.57. The zero-order valence-electron chi connectivity index (χ0n) is 10.8. The van der Waals surface area contributed by atoms with E-state index in [0.717, 1.165) is 27.6 Å². The number of carbonyl (C=O) groups is 1. The molecule has 3 nitrogen and oxygen atoms in total. The minimum absolute atomic E-state index is 0.695. The van der Waals surface area contributed by atoms with Crippen LogP contribution >= 0.6 is 15.9 Å². The highest BCUT2D eigenvalue weighted by Crippen LogP contribution is 2.50. The minimum atomic E-state index is -0.749. The van der Waals surface area contributed by atoms with E-state index < -0.39 is 11.4 Å². The number of rotatable bonds is 3. The van der Waals surface area contributed by atoms with Gasteiger partial charge < -0.3 is 9.84 Å². The molecule has 0 unspecified atom stereocenters. The van der Waals surface area contributed by atoms with Gasteiger partial charge in [-0.15, -0.1) is 0 Å². The second kappa shape index (κ2) is 4.57. The zero-order chi connectivity index (χ0) is 13.5. The van der Waals surface area contributed by atoms with Gasteiger partial charge in [-0.05, 0) is 38.3 Å². The molecule has 1 aliphatic rings. The fourth-order valence-electron chi connectivity index (χ4n) is 2.80. The molecule has 0 bridgehead atoms. The van der Waals surface area contributed by atoms with Crippen molar-refractivity contribution in [2.24, 2.45) is 0 Å². The smallest absolute Gasteiger partial charge is 0.314 e. The second-order valence-corrected chi connectivity index (χ2v) is 5.80. The zero-order valence-corrected chi connectivity index (χ0v) is 12.4.